The maximum absolute atomic E-state index is 4.51. The van der Waals surface area contributed by atoms with Crippen LogP contribution in [0.4, 0.5) is 0 Å². The summed E-state index contributed by atoms with van der Waals surface area (Å²) < 4.78 is 0. The van der Waals surface area contributed by atoms with Crippen molar-refractivity contribution in [1.82, 2.24) is 15.2 Å². The van der Waals surface area contributed by atoms with E-state index in [2.05, 4.69) is 42.9 Å². The predicted octanol–water partition coefficient (Wildman–Crippen LogP) is 2.70. The third-order valence-electron chi connectivity index (χ3n) is 3.04. The Morgan fingerprint density at radius 1 is 1.35 bits per heavy atom. The predicted molar refractivity (Wildman–Crippen MR) is 75.7 cm³/mol. The first-order chi connectivity index (χ1) is 8.21. The van der Waals surface area contributed by atoms with Crippen molar-refractivity contribution in [3.63, 3.8) is 0 Å². The maximum Gasteiger partial charge on any atom is 0.0941 e. The van der Waals surface area contributed by atoms with Gasteiger partial charge in [-0.25, -0.2) is 4.98 Å². The van der Waals surface area contributed by atoms with Gasteiger partial charge >= 0.3 is 0 Å². The van der Waals surface area contributed by atoms with Crippen LogP contribution in [0.25, 0.3) is 0 Å². The zero-order valence-electron chi connectivity index (χ0n) is 11.5. The van der Waals surface area contributed by atoms with Gasteiger partial charge in [0.15, 0.2) is 0 Å². The van der Waals surface area contributed by atoms with E-state index >= 15 is 0 Å². The van der Waals surface area contributed by atoms with E-state index in [0.717, 1.165) is 32.6 Å². The van der Waals surface area contributed by atoms with E-state index in [1.54, 1.807) is 0 Å². The quantitative estimate of drug-likeness (QED) is 0.774. The molecule has 1 N–H and O–H groups in total. The highest BCUT2D eigenvalue weighted by atomic mass is 32.1. The zero-order chi connectivity index (χ0) is 12.7. The molecule has 0 aromatic carbocycles. The van der Waals surface area contributed by atoms with Gasteiger partial charge in [-0.1, -0.05) is 20.8 Å². The van der Waals surface area contributed by atoms with Gasteiger partial charge in [0.05, 0.1) is 5.01 Å². The largest absolute Gasteiger partial charge is 0.310 e. The molecular formula is C13H25N3S. The molecule has 98 valence electrons. The Kier molecular flexibility index (Phi) is 6.70. The summed E-state index contributed by atoms with van der Waals surface area (Å²) in [5.41, 5.74) is 0. The molecule has 1 aromatic rings. The Balaban J connectivity index is 2.45. The van der Waals surface area contributed by atoms with E-state index in [1.807, 2.05) is 17.5 Å². The molecule has 0 aliphatic carbocycles. The lowest BCUT2D eigenvalue weighted by Crippen LogP contribution is -2.25. The van der Waals surface area contributed by atoms with Gasteiger partial charge in [0.1, 0.15) is 0 Å². The fourth-order valence-corrected chi connectivity index (χ4v) is 2.78. The summed E-state index contributed by atoms with van der Waals surface area (Å²) >= 11 is 1.84. The summed E-state index contributed by atoms with van der Waals surface area (Å²) in [4.78, 5) is 8.30. The minimum Gasteiger partial charge on any atom is -0.310 e. The lowest BCUT2D eigenvalue weighted by molar-refractivity contribution is 0.308. The van der Waals surface area contributed by atoms with Crippen molar-refractivity contribution in [1.29, 1.82) is 0 Å². The molecule has 0 saturated heterocycles. The normalized spacial score (nSPS) is 13.2. The fraction of sp³-hybridized carbons (Fsp3) is 0.769. The number of rotatable bonds is 8. The molecule has 0 radical (unpaired) electrons. The number of hydrogen-bond acceptors (Lipinski definition) is 4. The highest BCUT2D eigenvalue weighted by Crippen LogP contribution is 2.20. The van der Waals surface area contributed by atoms with Crippen LogP contribution in [0, 0.1) is 0 Å². The minimum atomic E-state index is 0.430. The first-order valence-electron chi connectivity index (χ1n) is 6.61. The van der Waals surface area contributed by atoms with Crippen molar-refractivity contribution < 1.29 is 0 Å². The van der Waals surface area contributed by atoms with Crippen LogP contribution in [0.15, 0.2) is 6.20 Å². The van der Waals surface area contributed by atoms with Crippen LogP contribution in [0.1, 0.15) is 43.6 Å². The lowest BCUT2D eigenvalue weighted by Gasteiger charge is -2.16. The molecule has 1 aromatic heterocycles. The third kappa shape index (κ3) is 4.74. The molecule has 0 aliphatic heterocycles. The summed E-state index contributed by atoms with van der Waals surface area (Å²) in [6.45, 7) is 13.1. The summed E-state index contributed by atoms with van der Waals surface area (Å²) in [7, 11) is 0. The van der Waals surface area contributed by atoms with Gasteiger partial charge in [-0.05, 0) is 26.6 Å². The van der Waals surface area contributed by atoms with Gasteiger partial charge in [-0.3, -0.25) is 0 Å². The minimum absolute atomic E-state index is 0.430. The number of aromatic nitrogens is 1. The van der Waals surface area contributed by atoms with E-state index in [-0.39, 0.29) is 0 Å². The first kappa shape index (κ1) is 14.6. The molecule has 0 bridgehead atoms. The third-order valence-corrected chi connectivity index (χ3v) is 4.28. The van der Waals surface area contributed by atoms with Crippen molar-refractivity contribution in [2.45, 2.75) is 40.2 Å². The molecule has 1 unspecified atom stereocenters. The van der Waals surface area contributed by atoms with Gasteiger partial charge in [-0.2, -0.15) is 0 Å². The van der Waals surface area contributed by atoms with E-state index < -0.39 is 0 Å². The second kappa shape index (κ2) is 7.80. The van der Waals surface area contributed by atoms with Crippen molar-refractivity contribution in [3.05, 3.63) is 16.1 Å². The molecular weight excluding hydrogens is 230 g/mol. The molecule has 0 aliphatic rings. The average molecular weight is 255 g/mol. The monoisotopic (exact) mass is 255 g/mol. The van der Waals surface area contributed by atoms with Crippen LogP contribution in [-0.4, -0.2) is 36.1 Å². The molecule has 0 amide bonds. The van der Waals surface area contributed by atoms with Gasteiger partial charge in [0.2, 0.25) is 0 Å². The van der Waals surface area contributed by atoms with Crippen LogP contribution in [-0.2, 0) is 6.42 Å². The second-order valence-electron chi connectivity index (χ2n) is 4.21. The molecule has 0 spiro atoms. The Hall–Kier alpha value is -0.450. The topological polar surface area (TPSA) is 28.2 Å². The average Bonchev–Trinajstić information content (AvgIpc) is 2.79. The number of likely N-dealkylation sites (N-methyl/N-ethyl adjacent to an activating group) is 1. The molecule has 1 heterocycles. The lowest BCUT2D eigenvalue weighted by atomic mass is 10.3. The Morgan fingerprint density at radius 3 is 2.65 bits per heavy atom. The second-order valence-corrected chi connectivity index (χ2v) is 5.36. The van der Waals surface area contributed by atoms with E-state index in [4.69, 9.17) is 0 Å². The molecule has 1 rings (SSSR count). The summed E-state index contributed by atoms with van der Waals surface area (Å²) in [6, 6.07) is 0.430. The van der Waals surface area contributed by atoms with Gasteiger partial charge in [0.25, 0.3) is 0 Å². The van der Waals surface area contributed by atoms with E-state index in [0.29, 0.717) is 6.04 Å². The Bertz CT molecular complexity index is 307. The maximum atomic E-state index is 4.51. The van der Waals surface area contributed by atoms with E-state index in [9.17, 15) is 0 Å². The van der Waals surface area contributed by atoms with Crippen LogP contribution in [0.2, 0.25) is 0 Å². The van der Waals surface area contributed by atoms with Crippen molar-refractivity contribution in [2.75, 3.05) is 26.2 Å². The van der Waals surface area contributed by atoms with Crippen molar-refractivity contribution >= 4 is 11.3 Å². The molecule has 17 heavy (non-hydrogen) atoms. The zero-order valence-corrected chi connectivity index (χ0v) is 12.3. The Morgan fingerprint density at radius 2 is 2.06 bits per heavy atom. The highest BCUT2D eigenvalue weighted by molar-refractivity contribution is 7.11. The summed E-state index contributed by atoms with van der Waals surface area (Å²) in [5, 5.41) is 4.68. The SMILES string of the molecule is CCNC(C)c1cnc(CCN(CC)CC)s1. The molecule has 1 atom stereocenters. The van der Waals surface area contributed by atoms with Crippen LogP contribution in [0.5, 0.6) is 0 Å². The fourth-order valence-electron chi connectivity index (χ4n) is 1.84. The summed E-state index contributed by atoms with van der Waals surface area (Å²) in [5.74, 6) is 0. The molecule has 0 fully saturated rings. The van der Waals surface area contributed by atoms with Gasteiger partial charge in [0, 0.05) is 30.1 Å². The molecule has 3 nitrogen and oxygen atoms in total. The van der Waals surface area contributed by atoms with Crippen LogP contribution >= 0.6 is 11.3 Å². The standard InChI is InChI=1S/C13H25N3S/c1-5-14-11(4)12-10-15-13(17-12)8-9-16(6-2)7-3/h10-11,14H,5-9H2,1-4H3. The van der Waals surface area contributed by atoms with E-state index in [1.165, 1.54) is 9.88 Å². The number of nitrogens with one attached hydrogen (secondary N) is 1. The molecule has 4 heteroatoms. The first-order valence-corrected chi connectivity index (χ1v) is 7.43. The van der Waals surface area contributed by atoms with Gasteiger partial charge < -0.3 is 10.2 Å². The smallest absolute Gasteiger partial charge is 0.0941 e. The number of hydrogen-bond donors (Lipinski definition) is 1. The van der Waals surface area contributed by atoms with Crippen molar-refractivity contribution in [3.8, 4) is 0 Å². The highest BCUT2D eigenvalue weighted by Gasteiger charge is 2.09. The Labute approximate surface area is 109 Å². The van der Waals surface area contributed by atoms with Crippen LogP contribution in [0.3, 0.4) is 0 Å². The van der Waals surface area contributed by atoms with Crippen LogP contribution < -0.4 is 5.32 Å². The molecule has 0 saturated carbocycles. The van der Waals surface area contributed by atoms with Gasteiger partial charge in [-0.15, -0.1) is 11.3 Å². The summed E-state index contributed by atoms with van der Waals surface area (Å²) in [6.07, 6.45) is 3.10. The van der Waals surface area contributed by atoms with Crippen molar-refractivity contribution in [2.24, 2.45) is 0 Å². The number of nitrogens with zero attached hydrogens (tertiary/aromatic N) is 2. The number of thiazole rings is 1.